The van der Waals surface area contributed by atoms with Crippen LogP contribution in [0.25, 0.3) is 0 Å². The van der Waals surface area contributed by atoms with Crippen LogP contribution in [0.15, 0.2) is 0 Å². The lowest BCUT2D eigenvalue weighted by Gasteiger charge is -2.10. The summed E-state index contributed by atoms with van der Waals surface area (Å²) in [6.45, 7) is 2.77. The van der Waals surface area contributed by atoms with E-state index >= 15 is 0 Å². The van der Waals surface area contributed by atoms with Gasteiger partial charge in [-0.2, -0.15) is 13.2 Å². The first-order valence-electron chi connectivity index (χ1n) is 5.16. The summed E-state index contributed by atoms with van der Waals surface area (Å²) in [6.07, 6.45) is -2.99. The van der Waals surface area contributed by atoms with E-state index in [0.717, 1.165) is 12.8 Å². The van der Waals surface area contributed by atoms with Crippen molar-refractivity contribution in [3.63, 3.8) is 0 Å². The predicted molar refractivity (Wildman–Crippen MR) is 55.2 cm³/mol. The Morgan fingerprint density at radius 2 is 1.87 bits per heavy atom. The van der Waals surface area contributed by atoms with Crippen LogP contribution < -0.4 is 0 Å². The normalized spacial score (nSPS) is 14.2. The van der Waals surface area contributed by atoms with Gasteiger partial charge in [0.25, 0.3) is 0 Å². The SMILES string of the molecule is CC(CCCl)CCOCCCC(F)(F)F. The lowest BCUT2D eigenvalue weighted by Crippen LogP contribution is -2.09. The van der Waals surface area contributed by atoms with Gasteiger partial charge in [-0.3, -0.25) is 0 Å². The average molecular weight is 247 g/mol. The molecule has 0 aromatic rings. The van der Waals surface area contributed by atoms with Crippen LogP contribution in [0.3, 0.4) is 0 Å². The summed E-state index contributed by atoms with van der Waals surface area (Å²) in [5, 5.41) is 0. The van der Waals surface area contributed by atoms with Crippen molar-refractivity contribution in [2.75, 3.05) is 19.1 Å². The van der Waals surface area contributed by atoms with Crippen molar-refractivity contribution in [1.29, 1.82) is 0 Å². The molecule has 0 fully saturated rings. The molecular formula is C10H18ClF3O. The monoisotopic (exact) mass is 246 g/mol. The van der Waals surface area contributed by atoms with Crippen molar-refractivity contribution < 1.29 is 17.9 Å². The van der Waals surface area contributed by atoms with E-state index in [1.165, 1.54) is 0 Å². The van der Waals surface area contributed by atoms with Gasteiger partial charge in [-0.05, 0) is 25.2 Å². The lowest BCUT2D eigenvalue weighted by molar-refractivity contribution is -0.137. The Hall–Kier alpha value is 0.0400. The molecule has 0 aliphatic rings. The quantitative estimate of drug-likeness (QED) is 0.465. The molecule has 0 aromatic heterocycles. The highest BCUT2D eigenvalue weighted by Gasteiger charge is 2.25. The van der Waals surface area contributed by atoms with E-state index in [4.69, 9.17) is 16.3 Å². The van der Waals surface area contributed by atoms with Crippen molar-refractivity contribution in [3.05, 3.63) is 0 Å². The van der Waals surface area contributed by atoms with Gasteiger partial charge in [-0.15, -0.1) is 11.6 Å². The Bertz CT molecular complexity index is 150. The Balaban J connectivity index is 3.18. The molecule has 0 aliphatic heterocycles. The molecule has 0 bridgehead atoms. The zero-order valence-corrected chi connectivity index (χ0v) is 9.70. The van der Waals surface area contributed by atoms with Gasteiger partial charge in [0.1, 0.15) is 0 Å². The predicted octanol–water partition coefficient (Wildman–Crippen LogP) is 4.00. The highest BCUT2D eigenvalue weighted by molar-refractivity contribution is 6.17. The first-order valence-corrected chi connectivity index (χ1v) is 5.69. The van der Waals surface area contributed by atoms with E-state index in [1.54, 1.807) is 0 Å². The molecule has 0 N–H and O–H groups in total. The summed E-state index contributed by atoms with van der Waals surface area (Å²) in [4.78, 5) is 0. The molecule has 1 nitrogen and oxygen atoms in total. The van der Waals surface area contributed by atoms with Crippen LogP contribution in [0.1, 0.15) is 32.6 Å². The summed E-state index contributed by atoms with van der Waals surface area (Å²) in [5.74, 6) is 1.10. The molecule has 5 heteroatoms. The summed E-state index contributed by atoms with van der Waals surface area (Å²) in [6, 6.07) is 0. The van der Waals surface area contributed by atoms with Crippen LogP contribution >= 0.6 is 11.6 Å². The third-order valence-electron chi connectivity index (χ3n) is 2.11. The van der Waals surface area contributed by atoms with Gasteiger partial charge in [0.05, 0.1) is 0 Å². The van der Waals surface area contributed by atoms with Crippen LogP contribution in [0.5, 0.6) is 0 Å². The number of hydrogen-bond donors (Lipinski definition) is 0. The highest BCUT2D eigenvalue weighted by Crippen LogP contribution is 2.21. The van der Waals surface area contributed by atoms with Gasteiger partial charge in [0, 0.05) is 25.5 Å². The molecule has 0 saturated carbocycles. The first-order chi connectivity index (χ1) is 6.95. The van der Waals surface area contributed by atoms with Crippen molar-refractivity contribution in [3.8, 4) is 0 Å². The maximum atomic E-state index is 11.7. The molecule has 0 aromatic carbocycles. The Labute approximate surface area is 93.9 Å². The van der Waals surface area contributed by atoms with Crippen LogP contribution in [0.4, 0.5) is 13.2 Å². The van der Waals surface area contributed by atoms with Gasteiger partial charge in [-0.25, -0.2) is 0 Å². The van der Waals surface area contributed by atoms with Crippen molar-refractivity contribution in [2.24, 2.45) is 5.92 Å². The third-order valence-corrected chi connectivity index (χ3v) is 2.32. The fourth-order valence-electron chi connectivity index (χ4n) is 1.09. The number of ether oxygens (including phenoxy) is 1. The average Bonchev–Trinajstić information content (AvgIpc) is 2.09. The van der Waals surface area contributed by atoms with Gasteiger partial charge in [0.15, 0.2) is 0 Å². The molecule has 0 saturated heterocycles. The van der Waals surface area contributed by atoms with E-state index in [9.17, 15) is 13.2 Å². The molecular weight excluding hydrogens is 229 g/mol. The molecule has 0 heterocycles. The number of alkyl halides is 4. The molecule has 0 amide bonds. The van der Waals surface area contributed by atoms with Crippen LogP contribution in [-0.2, 0) is 4.74 Å². The number of halogens is 4. The summed E-state index contributed by atoms with van der Waals surface area (Å²) in [7, 11) is 0. The zero-order chi connectivity index (χ0) is 11.7. The summed E-state index contributed by atoms with van der Waals surface area (Å²) < 4.78 is 40.3. The minimum Gasteiger partial charge on any atom is -0.381 e. The van der Waals surface area contributed by atoms with E-state index in [2.05, 4.69) is 6.92 Å². The lowest BCUT2D eigenvalue weighted by atomic mass is 10.1. The minimum absolute atomic E-state index is 0.0490. The topological polar surface area (TPSA) is 9.23 Å². The molecule has 0 aliphatic carbocycles. The smallest absolute Gasteiger partial charge is 0.381 e. The fraction of sp³-hybridized carbons (Fsp3) is 1.00. The minimum atomic E-state index is -4.06. The zero-order valence-electron chi connectivity index (χ0n) is 8.95. The molecule has 0 spiro atoms. The summed E-state index contributed by atoms with van der Waals surface area (Å²) >= 11 is 5.54. The first kappa shape index (κ1) is 15.0. The molecule has 92 valence electrons. The van der Waals surface area contributed by atoms with Crippen LogP contribution in [0.2, 0.25) is 0 Å². The molecule has 1 atom stereocenters. The number of hydrogen-bond acceptors (Lipinski definition) is 1. The Morgan fingerprint density at radius 1 is 1.20 bits per heavy atom. The Morgan fingerprint density at radius 3 is 2.40 bits per heavy atom. The third kappa shape index (κ3) is 12.0. The molecule has 1 unspecified atom stereocenters. The van der Waals surface area contributed by atoms with E-state index < -0.39 is 12.6 Å². The Kier molecular flexibility index (Phi) is 8.24. The fourth-order valence-corrected chi connectivity index (χ4v) is 1.46. The van der Waals surface area contributed by atoms with Crippen LogP contribution in [-0.4, -0.2) is 25.3 Å². The molecule has 0 rings (SSSR count). The van der Waals surface area contributed by atoms with Gasteiger partial charge < -0.3 is 4.74 Å². The highest BCUT2D eigenvalue weighted by atomic mass is 35.5. The van der Waals surface area contributed by atoms with Gasteiger partial charge in [-0.1, -0.05) is 6.92 Å². The van der Waals surface area contributed by atoms with E-state index in [0.29, 0.717) is 18.4 Å². The van der Waals surface area contributed by atoms with E-state index in [1.807, 2.05) is 0 Å². The van der Waals surface area contributed by atoms with Crippen molar-refractivity contribution >= 4 is 11.6 Å². The standard InChI is InChI=1S/C10H18ClF3O/c1-9(3-6-11)4-8-15-7-2-5-10(12,13)14/h9H,2-8H2,1H3. The van der Waals surface area contributed by atoms with Gasteiger partial charge in [0.2, 0.25) is 0 Å². The van der Waals surface area contributed by atoms with Crippen molar-refractivity contribution in [2.45, 2.75) is 38.8 Å². The second kappa shape index (κ2) is 8.22. The van der Waals surface area contributed by atoms with Crippen LogP contribution in [0, 0.1) is 5.92 Å². The van der Waals surface area contributed by atoms with Crippen molar-refractivity contribution in [1.82, 2.24) is 0 Å². The largest absolute Gasteiger partial charge is 0.389 e. The molecule has 0 radical (unpaired) electrons. The van der Waals surface area contributed by atoms with E-state index in [-0.39, 0.29) is 13.0 Å². The maximum Gasteiger partial charge on any atom is 0.389 e. The number of rotatable bonds is 8. The maximum absolute atomic E-state index is 11.7. The van der Waals surface area contributed by atoms with Gasteiger partial charge >= 0.3 is 6.18 Å². The second-order valence-corrected chi connectivity index (χ2v) is 4.08. The second-order valence-electron chi connectivity index (χ2n) is 3.70. The summed E-state index contributed by atoms with van der Waals surface area (Å²) in [5.41, 5.74) is 0. The molecule has 15 heavy (non-hydrogen) atoms.